The normalized spacial score (nSPS) is 45.1. The molecule has 1 aliphatic heterocycles. The minimum absolute atomic E-state index is 0.0208. The van der Waals surface area contributed by atoms with Gasteiger partial charge in [0, 0.05) is 37.4 Å². The molecule has 4 nitrogen and oxygen atoms in total. The van der Waals surface area contributed by atoms with E-state index in [4.69, 9.17) is 4.74 Å². The first-order valence-electron chi connectivity index (χ1n) is 8.55. The van der Waals surface area contributed by atoms with E-state index >= 15 is 0 Å². The Bertz CT molecular complexity index is 551. The number of morpholine rings is 1. The lowest BCUT2D eigenvalue weighted by Gasteiger charge is -2.66. The minimum Gasteiger partial charge on any atom is -0.379 e. The third kappa shape index (κ3) is 1.65. The molecule has 4 saturated carbocycles. The Morgan fingerprint density at radius 1 is 1.27 bits per heavy atom. The fourth-order valence-electron chi connectivity index (χ4n) is 5.80. The lowest BCUT2D eigenvalue weighted by Crippen LogP contribution is -2.73. The summed E-state index contributed by atoms with van der Waals surface area (Å²) in [6, 6.07) is 0. The zero-order valence-electron chi connectivity index (χ0n) is 13.4. The first-order valence-corrected chi connectivity index (χ1v) is 8.55. The minimum atomic E-state index is -0.417. The highest BCUT2D eigenvalue weighted by Crippen LogP contribution is 2.63. The summed E-state index contributed by atoms with van der Waals surface area (Å²) in [5.41, 5.74) is 0.338. The van der Waals surface area contributed by atoms with E-state index in [0.717, 1.165) is 44.7 Å². The number of carbonyl (C=O) groups is 2. The van der Waals surface area contributed by atoms with Crippen LogP contribution in [0.5, 0.6) is 0 Å². The molecule has 5 aliphatic rings. The molecule has 0 aromatic heterocycles. The second-order valence-corrected chi connectivity index (χ2v) is 7.72. The van der Waals surface area contributed by atoms with Crippen LogP contribution in [-0.4, -0.2) is 48.3 Å². The number of ketones is 2. The topological polar surface area (TPSA) is 46.6 Å². The Balaban J connectivity index is 1.80. The second kappa shape index (κ2) is 4.75. The number of allylic oxidation sites excluding steroid dienone is 1. The molecule has 120 valence electrons. The molecule has 0 amide bonds. The molecule has 22 heavy (non-hydrogen) atoms. The van der Waals surface area contributed by atoms with Crippen LogP contribution in [-0.2, 0) is 14.3 Å². The Kier molecular flexibility index (Phi) is 3.15. The van der Waals surface area contributed by atoms with Gasteiger partial charge in [0.1, 0.15) is 11.6 Å². The predicted molar refractivity (Wildman–Crippen MR) is 82.4 cm³/mol. The van der Waals surface area contributed by atoms with E-state index in [-0.39, 0.29) is 11.5 Å². The average Bonchev–Trinajstić information content (AvgIpc) is 2.52. The van der Waals surface area contributed by atoms with Crippen molar-refractivity contribution in [3.63, 3.8) is 0 Å². The van der Waals surface area contributed by atoms with Gasteiger partial charge in [0.25, 0.3) is 0 Å². The van der Waals surface area contributed by atoms with Crippen molar-refractivity contribution in [2.45, 2.75) is 44.6 Å². The fourth-order valence-corrected chi connectivity index (χ4v) is 5.80. The SMILES string of the molecule is C=C(C)[C@@]12C[C@H]3CCC(=O)[C@@H](C1)[C@@]3(N1CCOCC1)CC2=O. The monoisotopic (exact) mass is 303 g/mol. The molecular weight excluding hydrogens is 278 g/mol. The molecule has 4 atom stereocenters. The Morgan fingerprint density at radius 2 is 2.00 bits per heavy atom. The van der Waals surface area contributed by atoms with Crippen molar-refractivity contribution in [3.05, 3.63) is 12.2 Å². The lowest BCUT2D eigenvalue weighted by molar-refractivity contribution is -0.183. The Hall–Kier alpha value is -1.00. The molecule has 1 heterocycles. The smallest absolute Gasteiger partial charge is 0.144 e. The number of nitrogens with zero attached hydrogens (tertiary/aromatic N) is 1. The number of rotatable bonds is 2. The largest absolute Gasteiger partial charge is 0.379 e. The van der Waals surface area contributed by atoms with Gasteiger partial charge in [-0.25, -0.2) is 0 Å². The van der Waals surface area contributed by atoms with E-state index in [2.05, 4.69) is 11.5 Å². The average molecular weight is 303 g/mol. The van der Waals surface area contributed by atoms with Crippen molar-refractivity contribution in [2.75, 3.05) is 26.3 Å². The maximum Gasteiger partial charge on any atom is 0.144 e. The highest BCUT2D eigenvalue weighted by atomic mass is 16.5. The number of hydrogen-bond acceptors (Lipinski definition) is 4. The van der Waals surface area contributed by atoms with Crippen molar-refractivity contribution in [3.8, 4) is 0 Å². The number of Topliss-reactive ketones (excluding diaryl/α,β-unsaturated/α-hetero) is 2. The summed E-state index contributed by atoms with van der Waals surface area (Å²) in [5.74, 6) is 1.18. The summed E-state index contributed by atoms with van der Waals surface area (Å²) in [7, 11) is 0. The molecule has 0 aromatic carbocycles. The lowest BCUT2D eigenvalue weighted by atomic mass is 9.42. The quantitative estimate of drug-likeness (QED) is 0.732. The molecule has 0 unspecified atom stereocenters. The van der Waals surface area contributed by atoms with Gasteiger partial charge in [-0.3, -0.25) is 14.5 Å². The van der Waals surface area contributed by atoms with E-state index in [1.54, 1.807) is 0 Å². The van der Waals surface area contributed by atoms with Gasteiger partial charge in [0.2, 0.25) is 0 Å². The summed E-state index contributed by atoms with van der Waals surface area (Å²) in [5, 5.41) is 0. The van der Waals surface area contributed by atoms with Crippen LogP contribution in [0.15, 0.2) is 12.2 Å². The summed E-state index contributed by atoms with van der Waals surface area (Å²) in [4.78, 5) is 28.1. The maximum atomic E-state index is 13.0. The molecule has 5 rings (SSSR count). The third-order valence-electron chi connectivity index (χ3n) is 6.98. The molecule has 0 N–H and O–H groups in total. The van der Waals surface area contributed by atoms with Crippen LogP contribution in [0.3, 0.4) is 0 Å². The molecule has 4 bridgehead atoms. The van der Waals surface area contributed by atoms with E-state index in [0.29, 0.717) is 36.7 Å². The van der Waals surface area contributed by atoms with Gasteiger partial charge in [-0.1, -0.05) is 12.2 Å². The standard InChI is InChI=1S/C18H25NO3/c1-12(2)17-9-13-3-4-15(20)14(10-17)18(13,11-16(17)21)19-5-7-22-8-6-19/h13-14H,1,3-11H2,2H3/t13-,14-,17-,18-/m1/s1. The van der Waals surface area contributed by atoms with Crippen molar-refractivity contribution >= 4 is 11.6 Å². The van der Waals surface area contributed by atoms with Gasteiger partial charge in [0.15, 0.2) is 0 Å². The summed E-state index contributed by atoms with van der Waals surface area (Å²) in [6.07, 6.45) is 3.79. The highest BCUT2D eigenvalue weighted by molar-refractivity contribution is 5.96. The van der Waals surface area contributed by atoms with Gasteiger partial charge in [-0.05, 0) is 32.1 Å². The van der Waals surface area contributed by atoms with Crippen LogP contribution >= 0.6 is 0 Å². The maximum absolute atomic E-state index is 13.0. The molecule has 0 aromatic rings. The molecule has 5 fully saturated rings. The highest BCUT2D eigenvalue weighted by Gasteiger charge is 2.68. The summed E-state index contributed by atoms with van der Waals surface area (Å²) < 4.78 is 5.50. The molecular formula is C18H25NO3. The van der Waals surface area contributed by atoms with Crippen molar-refractivity contribution in [1.29, 1.82) is 0 Å². The van der Waals surface area contributed by atoms with Gasteiger partial charge < -0.3 is 4.74 Å². The number of carbonyl (C=O) groups excluding carboxylic acids is 2. The van der Waals surface area contributed by atoms with Gasteiger partial charge in [-0.2, -0.15) is 0 Å². The third-order valence-corrected chi connectivity index (χ3v) is 6.98. The van der Waals surface area contributed by atoms with Crippen LogP contribution in [0, 0.1) is 17.3 Å². The van der Waals surface area contributed by atoms with Crippen LogP contribution in [0.4, 0.5) is 0 Å². The zero-order valence-corrected chi connectivity index (χ0v) is 13.4. The first-order chi connectivity index (χ1) is 10.5. The predicted octanol–water partition coefficient (Wildman–Crippen LogP) is 1.98. The van der Waals surface area contributed by atoms with E-state index in [9.17, 15) is 9.59 Å². The Labute approximate surface area is 131 Å². The number of hydrogen-bond donors (Lipinski definition) is 0. The first kappa shape index (κ1) is 14.6. The van der Waals surface area contributed by atoms with Crippen LogP contribution in [0.25, 0.3) is 0 Å². The van der Waals surface area contributed by atoms with Crippen molar-refractivity contribution in [2.24, 2.45) is 17.3 Å². The molecule has 1 saturated heterocycles. The molecule has 0 spiro atoms. The van der Waals surface area contributed by atoms with Crippen LogP contribution < -0.4 is 0 Å². The van der Waals surface area contributed by atoms with Crippen molar-refractivity contribution in [1.82, 2.24) is 4.90 Å². The fraction of sp³-hybridized carbons (Fsp3) is 0.778. The van der Waals surface area contributed by atoms with E-state index in [1.165, 1.54) is 0 Å². The van der Waals surface area contributed by atoms with E-state index < -0.39 is 5.41 Å². The van der Waals surface area contributed by atoms with E-state index in [1.807, 2.05) is 6.92 Å². The molecule has 4 heteroatoms. The number of ether oxygens (including phenoxy) is 1. The van der Waals surface area contributed by atoms with Gasteiger partial charge >= 0.3 is 0 Å². The summed E-state index contributed by atoms with van der Waals surface area (Å²) >= 11 is 0. The van der Waals surface area contributed by atoms with Gasteiger partial charge in [0.05, 0.1) is 18.6 Å². The second-order valence-electron chi connectivity index (χ2n) is 7.72. The van der Waals surface area contributed by atoms with Crippen LogP contribution in [0.2, 0.25) is 0 Å². The Morgan fingerprint density at radius 3 is 2.68 bits per heavy atom. The molecule has 4 aliphatic carbocycles. The zero-order chi connectivity index (χ0) is 15.5. The van der Waals surface area contributed by atoms with Gasteiger partial charge in [-0.15, -0.1) is 0 Å². The summed E-state index contributed by atoms with van der Waals surface area (Å²) in [6.45, 7) is 9.24. The molecule has 0 radical (unpaired) electrons. The van der Waals surface area contributed by atoms with Crippen molar-refractivity contribution < 1.29 is 14.3 Å². The van der Waals surface area contributed by atoms with Crippen LogP contribution in [0.1, 0.15) is 39.0 Å². The number of fused-ring (bicyclic) bond motifs is 1.